The minimum absolute atomic E-state index is 0.154. The summed E-state index contributed by atoms with van der Waals surface area (Å²) in [4.78, 5) is 11.7. The highest BCUT2D eigenvalue weighted by Crippen LogP contribution is 2.13. The van der Waals surface area contributed by atoms with E-state index in [9.17, 15) is 9.90 Å². The van der Waals surface area contributed by atoms with Crippen LogP contribution >= 0.6 is 0 Å². The van der Waals surface area contributed by atoms with Gasteiger partial charge in [-0.25, -0.2) is 0 Å². The van der Waals surface area contributed by atoms with Crippen molar-refractivity contribution in [2.75, 3.05) is 6.54 Å². The highest BCUT2D eigenvalue weighted by Gasteiger charge is 2.13. The predicted molar refractivity (Wildman–Crippen MR) is 71.9 cm³/mol. The van der Waals surface area contributed by atoms with Gasteiger partial charge in [-0.3, -0.25) is 4.79 Å². The smallest absolute Gasteiger partial charge is 0.287 e. The number of furan rings is 1. The fourth-order valence-corrected chi connectivity index (χ4v) is 1.74. The molecule has 1 heterocycles. The van der Waals surface area contributed by atoms with Gasteiger partial charge in [-0.15, -0.1) is 0 Å². The Hall–Kier alpha value is -2.07. The molecule has 0 fully saturated rings. The van der Waals surface area contributed by atoms with E-state index in [4.69, 9.17) is 4.42 Å². The molecule has 4 nitrogen and oxygen atoms in total. The zero-order valence-corrected chi connectivity index (χ0v) is 11.0. The van der Waals surface area contributed by atoms with E-state index in [2.05, 4.69) is 5.32 Å². The maximum Gasteiger partial charge on any atom is 0.287 e. The van der Waals surface area contributed by atoms with Gasteiger partial charge in [0.1, 0.15) is 5.76 Å². The number of rotatable bonds is 4. The Balaban J connectivity index is 1.91. The molecule has 1 aromatic carbocycles. The molecule has 0 bridgehead atoms. The zero-order chi connectivity index (χ0) is 13.8. The summed E-state index contributed by atoms with van der Waals surface area (Å²) in [6.07, 6.45) is -0.722. The van der Waals surface area contributed by atoms with Crippen LogP contribution in [0.4, 0.5) is 0 Å². The number of amides is 1. The van der Waals surface area contributed by atoms with Crippen LogP contribution in [0, 0.1) is 13.8 Å². The summed E-state index contributed by atoms with van der Waals surface area (Å²) < 4.78 is 5.21. The second-order valence-corrected chi connectivity index (χ2v) is 4.55. The van der Waals surface area contributed by atoms with E-state index in [0.717, 1.165) is 11.1 Å². The Labute approximate surface area is 112 Å². The van der Waals surface area contributed by atoms with Crippen molar-refractivity contribution >= 4 is 5.91 Å². The standard InChI is InChI=1S/C15H17NO3/c1-10-3-6-12(7-4-10)13(17)9-16-15(18)14-8-5-11(2)19-14/h3-8,13,17H,9H2,1-2H3,(H,16,18)/t13-/m1/s1. The number of aryl methyl sites for hydroxylation is 2. The number of carbonyl (C=O) groups is 1. The third-order valence-electron chi connectivity index (χ3n) is 2.88. The maximum atomic E-state index is 11.7. The van der Waals surface area contributed by atoms with E-state index >= 15 is 0 Å². The van der Waals surface area contributed by atoms with E-state index < -0.39 is 6.10 Å². The van der Waals surface area contributed by atoms with Gasteiger partial charge in [-0.05, 0) is 31.5 Å². The first-order valence-electron chi connectivity index (χ1n) is 6.15. The fraction of sp³-hybridized carbons (Fsp3) is 0.267. The van der Waals surface area contributed by atoms with E-state index in [0.29, 0.717) is 5.76 Å². The summed E-state index contributed by atoms with van der Waals surface area (Å²) >= 11 is 0. The molecule has 0 radical (unpaired) electrons. The molecule has 0 saturated carbocycles. The van der Waals surface area contributed by atoms with E-state index in [1.54, 1.807) is 19.1 Å². The lowest BCUT2D eigenvalue weighted by atomic mass is 10.1. The van der Waals surface area contributed by atoms with E-state index in [-0.39, 0.29) is 18.2 Å². The first kappa shape index (κ1) is 13.4. The molecule has 0 aliphatic heterocycles. The highest BCUT2D eigenvalue weighted by molar-refractivity contribution is 5.91. The molecular weight excluding hydrogens is 242 g/mol. The van der Waals surface area contributed by atoms with Crippen molar-refractivity contribution in [1.82, 2.24) is 5.32 Å². The lowest BCUT2D eigenvalue weighted by Crippen LogP contribution is -2.28. The molecule has 0 aliphatic rings. The van der Waals surface area contributed by atoms with E-state index in [1.165, 1.54) is 0 Å². The molecule has 1 amide bonds. The van der Waals surface area contributed by atoms with Gasteiger partial charge < -0.3 is 14.8 Å². The van der Waals surface area contributed by atoms with Crippen molar-refractivity contribution in [2.24, 2.45) is 0 Å². The molecular formula is C15H17NO3. The topological polar surface area (TPSA) is 62.5 Å². The summed E-state index contributed by atoms with van der Waals surface area (Å²) in [6, 6.07) is 10.9. The molecule has 2 N–H and O–H groups in total. The summed E-state index contributed by atoms with van der Waals surface area (Å²) in [5.41, 5.74) is 1.91. The SMILES string of the molecule is Cc1ccc([C@H](O)CNC(=O)c2ccc(C)o2)cc1. The van der Waals surface area contributed by atoms with Gasteiger partial charge in [0.15, 0.2) is 5.76 Å². The Morgan fingerprint density at radius 2 is 1.89 bits per heavy atom. The number of hydrogen-bond acceptors (Lipinski definition) is 3. The Kier molecular flexibility index (Phi) is 4.02. The van der Waals surface area contributed by atoms with Gasteiger partial charge >= 0.3 is 0 Å². The molecule has 19 heavy (non-hydrogen) atoms. The zero-order valence-electron chi connectivity index (χ0n) is 11.0. The van der Waals surface area contributed by atoms with Crippen LogP contribution in [0.2, 0.25) is 0 Å². The molecule has 1 aromatic heterocycles. The predicted octanol–water partition coefficient (Wildman–Crippen LogP) is 2.36. The first-order valence-corrected chi connectivity index (χ1v) is 6.15. The van der Waals surface area contributed by atoms with Gasteiger partial charge in [0.25, 0.3) is 5.91 Å². The first-order chi connectivity index (χ1) is 9.06. The van der Waals surface area contributed by atoms with Crippen LogP contribution in [-0.2, 0) is 0 Å². The largest absolute Gasteiger partial charge is 0.456 e. The third kappa shape index (κ3) is 3.45. The molecule has 0 saturated heterocycles. The van der Waals surface area contributed by atoms with Gasteiger partial charge in [0, 0.05) is 6.54 Å². The van der Waals surface area contributed by atoms with Crippen molar-refractivity contribution in [3.63, 3.8) is 0 Å². The molecule has 0 spiro atoms. The van der Waals surface area contributed by atoms with Crippen LogP contribution in [0.1, 0.15) is 33.5 Å². The summed E-state index contributed by atoms with van der Waals surface area (Å²) in [5.74, 6) is 0.622. The lowest BCUT2D eigenvalue weighted by molar-refractivity contribution is 0.0888. The number of benzene rings is 1. The summed E-state index contributed by atoms with van der Waals surface area (Å²) in [5, 5.41) is 12.6. The minimum Gasteiger partial charge on any atom is -0.456 e. The van der Waals surface area contributed by atoms with Crippen molar-refractivity contribution in [2.45, 2.75) is 20.0 Å². The van der Waals surface area contributed by atoms with Crippen molar-refractivity contribution in [3.8, 4) is 0 Å². The second kappa shape index (κ2) is 5.71. The molecule has 4 heteroatoms. The average Bonchev–Trinajstić information content (AvgIpc) is 2.83. The van der Waals surface area contributed by atoms with Crippen LogP contribution in [0.25, 0.3) is 0 Å². The van der Waals surface area contributed by atoms with Crippen molar-refractivity contribution in [3.05, 3.63) is 59.0 Å². The summed E-state index contributed by atoms with van der Waals surface area (Å²) in [7, 11) is 0. The second-order valence-electron chi connectivity index (χ2n) is 4.55. The van der Waals surface area contributed by atoms with Gasteiger partial charge in [0.2, 0.25) is 0 Å². The quantitative estimate of drug-likeness (QED) is 0.886. The van der Waals surface area contributed by atoms with Crippen LogP contribution in [0.5, 0.6) is 0 Å². The van der Waals surface area contributed by atoms with Crippen LogP contribution in [0.3, 0.4) is 0 Å². The third-order valence-corrected chi connectivity index (χ3v) is 2.88. The normalized spacial score (nSPS) is 12.2. The molecule has 0 unspecified atom stereocenters. The molecule has 100 valence electrons. The number of aliphatic hydroxyl groups excluding tert-OH is 1. The number of carbonyl (C=O) groups excluding carboxylic acids is 1. The van der Waals surface area contributed by atoms with Gasteiger partial charge in [0.05, 0.1) is 6.10 Å². The van der Waals surface area contributed by atoms with Crippen molar-refractivity contribution < 1.29 is 14.3 Å². The number of aliphatic hydroxyl groups is 1. The van der Waals surface area contributed by atoms with Gasteiger partial charge in [-0.2, -0.15) is 0 Å². The van der Waals surface area contributed by atoms with Crippen molar-refractivity contribution in [1.29, 1.82) is 0 Å². The number of hydrogen-bond donors (Lipinski definition) is 2. The Morgan fingerprint density at radius 3 is 2.47 bits per heavy atom. The van der Waals surface area contributed by atoms with E-state index in [1.807, 2.05) is 31.2 Å². The average molecular weight is 259 g/mol. The fourth-order valence-electron chi connectivity index (χ4n) is 1.74. The van der Waals surface area contributed by atoms with Gasteiger partial charge in [-0.1, -0.05) is 29.8 Å². The highest BCUT2D eigenvalue weighted by atomic mass is 16.3. The monoisotopic (exact) mass is 259 g/mol. The minimum atomic E-state index is -0.722. The molecule has 0 aliphatic carbocycles. The lowest BCUT2D eigenvalue weighted by Gasteiger charge is -2.11. The Morgan fingerprint density at radius 1 is 1.21 bits per heavy atom. The van der Waals surface area contributed by atoms with Crippen LogP contribution in [-0.4, -0.2) is 17.6 Å². The maximum absolute atomic E-state index is 11.7. The Bertz CT molecular complexity index is 557. The van der Waals surface area contributed by atoms with Crippen LogP contribution < -0.4 is 5.32 Å². The molecule has 1 atom stereocenters. The molecule has 2 aromatic rings. The summed E-state index contributed by atoms with van der Waals surface area (Å²) in [6.45, 7) is 3.91. The molecule has 2 rings (SSSR count). The number of nitrogens with one attached hydrogen (secondary N) is 1. The van der Waals surface area contributed by atoms with Crippen LogP contribution in [0.15, 0.2) is 40.8 Å².